The van der Waals surface area contributed by atoms with Gasteiger partial charge in [0.05, 0.1) is 12.8 Å². The molecule has 0 bridgehead atoms. The van der Waals surface area contributed by atoms with Crippen LogP contribution >= 0.6 is 0 Å². The zero-order chi connectivity index (χ0) is 15.2. The average molecular weight is 287 g/mol. The summed E-state index contributed by atoms with van der Waals surface area (Å²) in [4.78, 5) is 11.7. The molecule has 0 saturated heterocycles. The van der Waals surface area contributed by atoms with E-state index in [0.717, 1.165) is 11.3 Å². The molecule has 1 aromatic heterocycles. The molecule has 0 spiro atoms. The Morgan fingerprint density at radius 3 is 2.57 bits per heavy atom. The van der Waals surface area contributed by atoms with Crippen molar-refractivity contribution in [1.29, 1.82) is 0 Å². The number of nitrogens with one attached hydrogen (secondary N) is 1. The standard InChI is InChI=1S/C16H21N3O2/c1-12(2)15(16(20)21-3)17-11-13-5-7-14(8-6-13)19-10-4-9-18-19/h4-10,12,15,17H,11H2,1-3H3. The molecule has 1 atom stereocenters. The van der Waals surface area contributed by atoms with Gasteiger partial charge in [-0.15, -0.1) is 0 Å². The van der Waals surface area contributed by atoms with Gasteiger partial charge in [-0.2, -0.15) is 5.10 Å². The van der Waals surface area contributed by atoms with Crippen LogP contribution in [0.25, 0.3) is 5.69 Å². The molecule has 112 valence electrons. The maximum Gasteiger partial charge on any atom is 0.323 e. The van der Waals surface area contributed by atoms with E-state index in [1.54, 1.807) is 6.20 Å². The molecule has 21 heavy (non-hydrogen) atoms. The van der Waals surface area contributed by atoms with E-state index in [9.17, 15) is 4.79 Å². The first kappa shape index (κ1) is 15.3. The smallest absolute Gasteiger partial charge is 0.323 e. The number of nitrogens with zero attached hydrogens (tertiary/aromatic N) is 2. The second-order valence-electron chi connectivity index (χ2n) is 5.24. The van der Waals surface area contributed by atoms with Crippen molar-refractivity contribution in [2.45, 2.75) is 26.4 Å². The number of hydrogen-bond acceptors (Lipinski definition) is 4. The molecule has 0 aliphatic carbocycles. The number of rotatable bonds is 6. The van der Waals surface area contributed by atoms with Crippen molar-refractivity contribution in [2.75, 3.05) is 7.11 Å². The third-order valence-corrected chi connectivity index (χ3v) is 3.35. The van der Waals surface area contributed by atoms with E-state index in [1.807, 2.05) is 55.1 Å². The van der Waals surface area contributed by atoms with Crippen molar-refractivity contribution in [3.63, 3.8) is 0 Å². The van der Waals surface area contributed by atoms with Crippen LogP contribution in [0.2, 0.25) is 0 Å². The van der Waals surface area contributed by atoms with Crippen molar-refractivity contribution in [1.82, 2.24) is 15.1 Å². The van der Waals surface area contributed by atoms with Crippen molar-refractivity contribution >= 4 is 5.97 Å². The number of methoxy groups -OCH3 is 1. The Labute approximate surface area is 124 Å². The highest BCUT2D eigenvalue weighted by Crippen LogP contribution is 2.10. The number of ether oxygens (including phenoxy) is 1. The molecule has 1 unspecified atom stereocenters. The molecular weight excluding hydrogens is 266 g/mol. The highest BCUT2D eigenvalue weighted by Gasteiger charge is 2.21. The number of benzene rings is 1. The maximum absolute atomic E-state index is 11.7. The van der Waals surface area contributed by atoms with E-state index in [2.05, 4.69) is 10.4 Å². The fourth-order valence-corrected chi connectivity index (χ4v) is 2.13. The highest BCUT2D eigenvalue weighted by molar-refractivity contribution is 5.75. The predicted molar refractivity (Wildman–Crippen MR) is 81.0 cm³/mol. The first-order valence-corrected chi connectivity index (χ1v) is 7.02. The number of hydrogen-bond donors (Lipinski definition) is 1. The van der Waals surface area contributed by atoms with Gasteiger partial charge in [0.1, 0.15) is 6.04 Å². The molecule has 5 heteroatoms. The molecule has 2 aromatic rings. The topological polar surface area (TPSA) is 56.1 Å². The molecule has 0 fully saturated rings. The summed E-state index contributed by atoms with van der Waals surface area (Å²) in [5, 5.41) is 7.43. The van der Waals surface area contributed by atoms with Crippen molar-refractivity contribution < 1.29 is 9.53 Å². The van der Waals surface area contributed by atoms with Crippen molar-refractivity contribution in [3.05, 3.63) is 48.3 Å². The lowest BCUT2D eigenvalue weighted by Gasteiger charge is -2.19. The van der Waals surface area contributed by atoms with Crippen LogP contribution in [0.15, 0.2) is 42.7 Å². The Morgan fingerprint density at radius 2 is 2.05 bits per heavy atom. The molecule has 0 amide bonds. The van der Waals surface area contributed by atoms with Gasteiger partial charge in [-0.05, 0) is 29.7 Å². The summed E-state index contributed by atoms with van der Waals surface area (Å²) in [6.45, 7) is 4.61. The summed E-state index contributed by atoms with van der Waals surface area (Å²) in [7, 11) is 1.41. The van der Waals surface area contributed by atoms with Gasteiger partial charge in [0.15, 0.2) is 0 Å². The lowest BCUT2D eigenvalue weighted by Crippen LogP contribution is -2.41. The first-order chi connectivity index (χ1) is 10.1. The van der Waals surface area contributed by atoms with E-state index in [1.165, 1.54) is 7.11 Å². The zero-order valence-electron chi connectivity index (χ0n) is 12.6. The van der Waals surface area contributed by atoms with Gasteiger partial charge in [-0.25, -0.2) is 4.68 Å². The van der Waals surface area contributed by atoms with E-state index in [0.29, 0.717) is 6.54 Å². The second-order valence-corrected chi connectivity index (χ2v) is 5.24. The Hall–Kier alpha value is -2.14. The summed E-state index contributed by atoms with van der Waals surface area (Å²) >= 11 is 0. The SMILES string of the molecule is COC(=O)C(NCc1ccc(-n2cccn2)cc1)C(C)C. The Morgan fingerprint density at radius 1 is 1.33 bits per heavy atom. The van der Waals surface area contributed by atoms with Crippen LogP contribution in [0.1, 0.15) is 19.4 Å². The number of esters is 1. The van der Waals surface area contributed by atoms with E-state index in [-0.39, 0.29) is 17.9 Å². The van der Waals surface area contributed by atoms with Gasteiger partial charge in [-0.1, -0.05) is 26.0 Å². The zero-order valence-corrected chi connectivity index (χ0v) is 12.6. The third kappa shape index (κ3) is 3.92. The number of carbonyl (C=O) groups excluding carboxylic acids is 1. The van der Waals surface area contributed by atoms with Gasteiger partial charge in [0, 0.05) is 18.9 Å². The van der Waals surface area contributed by atoms with Crippen LogP contribution < -0.4 is 5.32 Å². The molecule has 2 rings (SSSR count). The van der Waals surface area contributed by atoms with Gasteiger partial charge >= 0.3 is 5.97 Å². The Bertz CT molecular complexity index is 562. The van der Waals surface area contributed by atoms with Crippen LogP contribution in [0.5, 0.6) is 0 Å². The van der Waals surface area contributed by atoms with Crippen molar-refractivity contribution in [2.24, 2.45) is 5.92 Å². The lowest BCUT2D eigenvalue weighted by atomic mass is 10.0. The summed E-state index contributed by atoms with van der Waals surface area (Å²) in [6, 6.07) is 9.66. The molecule has 1 N–H and O–H groups in total. The summed E-state index contributed by atoms with van der Waals surface area (Å²) < 4.78 is 6.63. The molecule has 0 aliphatic rings. The third-order valence-electron chi connectivity index (χ3n) is 3.35. The van der Waals surface area contributed by atoms with Crippen molar-refractivity contribution in [3.8, 4) is 5.69 Å². The van der Waals surface area contributed by atoms with E-state index in [4.69, 9.17) is 4.74 Å². The lowest BCUT2D eigenvalue weighted by molar-refractivity contribution is -0.144. The quantitative estimate of drug-likeness (QED) is 0.827. The van der Waals surface area contributed by atoms with E-state index >= 15 is 0 Å². The number of aromatic nitrogens is 2. The minimum absolute atomic E-state index is 0.181. The van der Waals surface area contributed by atoms with Crippen LogP contribution in [0.4, 0.5) is 0 Å². The molecule has 1 aromatic carbocycles. The minimum Gasteiger partial charge on any atom is -0.468 e. The Kier molecular flexibility index (Phi) is 5.11. The maximum atomic E-state index is 11.7. The average Bonchev–Trinajstić information content (AvgIpc) is 3.01. The monoisotopic (exact) mass is 287 g/mol. The highest BCUT2D eigenvalue weighted by atomic mass is 16.5. The van der Waals surface area contributed by atoms with Crippen LogP contribution in [-0.2, 0) is 16.1 Å². The van der Waals surface area contributed by atoms with Crippen LogP contribution in [0.3, 0.4) is 0 Å². The van der Waals surface area contributed by atoms with E-state index < -0.39 is 0 Å². The van der Waals surface area contributed by atoms with Crippen LogP contribution in [-0.4, -0.2) is 28.9 Å². The fourth-order valence-electron chi connectivity index (χ4n) is 2.13. The molecule has 0 aliphatic heterocycles. The number of carbonyl (C=O) groups is 1. The summed E-state index contributed by atoms with van der Waals surface area (Å²) in [6.07, 6.45) is 3.65. The molecule has 5 nitrogen and oxygen atoms in total. The normalized spacial score (nSPS) is 12.4. The summed E-state index contributed by atoms with van der Waals surface area (Å²) in [5.41, 5.74) is 2.12. The molecular formula is C16H21N3O2. The predicted octanol–water partition coefficient (Wildman–Crippen LogP) is 2.16. The molecule has 1 heterocycles. The molecule has 0 radical (unpaired) electrons. The largest absolute Gasteiger partial charge is 0.468 e. The second kappa shape index (κ2) is 7.04. The Balaban J connectivity index is 1.98. The first-order valence-electron chi connectivity index (χ1n) is 7.02. The van der Waals surface area contributed by atoms with Gasteiger partial charge in [0.2, 0.25) is 0 Å². The van der Waals surface area contributed by atoms with Gasteiger partial charge < -0.3 is 10.1 Å². The van der Waals surface area contributed by atoms with Gasteiger partial charge in [0.25, 0.3) is 0 Å². The minimum atomic E-state index is -0.291. The molecule has 0 saturated carbocycles. The van der Waals surface area contributed by atoms with Gasteiger partial charge in [-0.3, -0.25) is 4.79 Å². The van der Waals surface area contributed by atoms with Crippen LogP contribution in [0, 0.1) is 5.92 Å². The summed E-state index contributed by atoms with van der Waals surface area (Å²) in [5.74, 6) is -0.0426. The fraction of sp³-hybridized carbons (Fsp3) is 0.375.